The average molecular weight is 570 g/mol. The maximum atomic E-state index is 12.8. The van der Waals surface area contributed by atoms with Gasteiger partial charge in [-0.2, -0.15) is 0 Å². The molecule has 3 N–H and O–H groups in total. The number of carbonyl (C=O) groups is 2. The third-order valence-corrected chi connectivity index (χ3v) is 5.95. The summed E-state index contributed by atoms with van der Waals surface area (Å²) in [6.45, 7) is 6.05. The average Bonchev–Trinajstić information content (AvgIpc) is 2.93. The van der Waals surface area contributed by atoms with Crippen molar-refractivity contribution in [2.45, 2.75) is 32.6 Å². The fraction of sp³-hybridized carbons (Fsp3) is 0.464. The molecule has 0 aliphatic carbocycles. The molecule has 0 aromatic heterocycles. The SMILES string of the molecule is CCCN=C(N)NC(=O)CCc1ccc(-c2ccc(C(=O)N3CCOCC3)cc2)c(OCCCOC)c1.Cl.[Na]. The van der Waals surface area contributed by atoms with Crippen molar-refractivity contribution in [1.82, 2.24) is 10.2 Å². The number of ether oxygens (including phenoxy) is 3. The van der Waals surface area contributed by atoms with E-state index in [1.807, 2.05) is 54.3 Å². The molecule has 1 aliphatic heterocycles. The molecule has 1 fully saturated rings. The van der Waals surface area contributed by atoms with Crippen LogP contribution in [0, 0.1) is 0 Å². The van der Waals surface area contributed by atoms with E-state index in [2.05, 4.69) is 10.3 Å². The van der Waals surface area contributed by atoms with Crippen LogP contribution in [0.25, 0.3) is 11.1 Å². The van der Waals surface area contributed by atoms with Crippen molar-refractivity contribution >= 4 is 59.7 Å². The molecule has 1 aliphatic rings. The normalized spacial score (nSPS) is 13.2. The number of rotatable bonds is 12. The molecule has 0 saturated carbocycles. The molecule has 2 amide bonds. The van der Waals surface area contributed by atoms with Crippen LogP contribution >= 0.6 is 12.4 Å². The van der Waals surface area contributed by atoms with Gasteiger partial charge in [0.1, 0.15) is 5.75 Å². The molecule has 0 atom stereocenters. The summed E-state index contributed by atoms with van der Waals surface area (Å²) in [5.41, 5.74) is 9.25. The topological polar surface area (TPSA) is 115 Å². The second kappa shape index (κ2) is 19.0. The quantitative estimate of drug-likeness (QED) is 0.176. The molecule has 209 valence electrons. The third-order valence-electron chi connectivity index (χ3n) is 5.95. The van der Waals surface area contributed by atoms with E-state index >= 15 is 0 Å². The Balaban J connectivity index is 0.00000380. The van der Waals surface area contributed by atoms with Crippen molar-refractivity contribution in [3.63, 3.8) is 0 Å². The van der Waals surface area contributed by atoms with Gasteiger partial charge in [-0.05, 0) is 42.2 Å². The summed E-state index contributed by atoms with van der Waals surface area (Å²) in [4.78, 5) is 31.0. The Kier molecular flexibility index (Phi) is 17.0. The number of nitrogens with zero attached hydrogens (tertiary/aromatic N) is 2. The zero-order chi connectivity index (χ0) is 26.5. The minimum absolute atomic E-state index is 0. The number of benzene rings is 2. The number of halogens is 1. The van der Waals surface area contributed by atoms with E-state index in [9.17, 15) is 9.59 Å². The van der Waals surface area contributed by atoms with Gasteiger partial charge in [-0.15, -0.1) is 12.4 Å². The zero-order valence-corrected chi connectivity index (χ0v) is 26.1. The molecule has 2 aromatic carbocycles. The summed E-state index contributed by atoms with van der Waals surface area (Å²) in [5.74, 6) is 0.717. The van der Waals surface area contributed by atoms with E-state index in [-0.39, 0.29) is 66.2 Å². The van der Waals surface area contributed by atoms with Crippen LogP contribution in [-0.4, -0.2) is 105 Å². The van der Waals surface area contributed by atoms with Gasteiger partial charge in [0, 0.05) is 86.9 Å². The Hall–Kier alpha value is -2.14. The molecule has 3 rings (SSSR count). The number of nitrogens with one attached hydrogen (secondary N) is 1. The minimum Gasteiger partial charge on any atom is -0.493 e. The largest absolute Gasteiger partial charge is 0.493 e. The molecule has 1 saturated heterocycles. The summed E-state index contributed by atoms with van der Waals surface area (Å²) in [5, 5.41) is 2.63. The second-order valence-electron chi connectivity index (χ2n) is 8.82. The van der Waals surface area contributed by atoms with Gasteiger partial charge in [0.2, 0.25) is 5.91 Å². The van der Waals surface area contributed by atoms with Crippen LogP contribution in [0.15, 0.2) is 47.5 Å². The van der Waals surface area contributed by atoms with Crippen molar-refractivity contribution in [3.05, 3.63) is 53.6 Å². The molecular formula is C28H39ClN4NaO5. The van der Waals surface area contributed by atoms with Gasteiger partial charge < -0.3 is 24.8 Å². The summed E-state index contributed by atoms with van der Waals surface area (Å²) >= 11 is 0. The molecule has 2 aromatic rings. The van der Waals surface area contributed by atoms with Gasteiger partial charge in [0.25, 0.3) is 5.91 Å². The minimum atomic E-state index is -0.176. The second-order valence-corrected chi connectivity index (χ2v) is 8.82. The van der Waals surface area contributed by atoms with Gasteiger partial charge in [-0.25, -0.2) is 0 Å². The number of nitrogens with two attached hydrogens (primary N) is 1. The molecule has 0 bridgehead atoms. The van der Waals surface area contributed by atoms with Crippen LogP contribution in [0.1, 0.15) is 42.1 Å². The predicted octanol–water partition coefficient (Wildman–Crippen LogP) is 3.06. The van der Waals surface area contributed by atoms with E-state index in [1.165, 1.54) is 0 Å². The van der Waals surface area contributed by atoms with Crippen LogP contribution in [-0.2, 0) is 20.7 Å². The van der Waals surface area contributed by atoms with Gasteiger partial charge in [0.05, 0.1) is 19.8 Å². The van der Waals surface area contributed by atoms with Crippen molar-refractivity contribution in [3.8, 4) is 16.9 Å². The monoisotopic (exact) mass is 569 g/mol. The number of methoxy groups -OCH3 is 1. The Morgan fingerprint density at radius 1 is 1.10 bits per heavy atom. The van der Waals surface area contributed by atoms with E-state index in [0.717, 1.165) is 35.3 Å². The van der Waals surface area contributed by atoms with E-state index in [4.69, 9.17) is 19.9 Å². The van der Waals surface area contributed by atoms with E-state index in [1.54, 1.807) is 7.11 Å². The number of carbonyl (C=O) groups excluding carboxylic acids is 2. The van der Waals surface area contributed by atoms with Crippen LogP contribution in [0.3, 0.4) is 0 Å². The first-order valence-electron chi connectivity index (χ1n) is 12.8. The Bertz CT molecular complexity index is 1060. The molecule has 0 unspecified atom stereocenters. The number of amides is 2. The zero-order valence-electron chi connectivity index (χ0n) is 23.2. The summed E-state index contributed by atoms with van der Waals surface area (Å²) in [6, 6.07) is 13.5. The van der Waals surface area contributed by atoms with Crippen LogP contribution in [0.4, 0.5) is 0 Å². The smallest absolute Gasteiger partial charge is 0.254 e. The number of morpholine rings is 1. The number of hydrogen-bond donors (Lipinski definition) is 2. The third kappa shape index (κ3) is 11.5. The number of guanidine groups is 1. The number of aryl methyl sites for hydroxylation is 1. The molecule has 39 heavy (non-hydrogen) atoms. The van der Waals surface area contributed by atoms with Gasteiger partial charge in [0.15, 0.2) is 5.96 Å². The first kappa shape index (κ1) is 34.9. The van der Waals surface area contributed by atoms with Crippen LogP contribution in [0.2, 0.25) is 0 Å². The standard InChI is InChI=1S/C28H38N4O5.ClH.Na/c1-3-13-30-28(29)31-26(33)12-6-21-5-11-24(25(20-21)37-17-4-16-35-2)22-7-9-23(10-8-22)27(34)32-14-18-36-19-15-32;;/h5,7-11,20H,3-4,6,12-19H2,1-2H3,(H3,29,30,31,33);1H;. The van der Waals surface area contributed by atoms with E-state index in [0.29, 0.717) is 58.0 Å². The molecule has 0 spiro atoms. The number of aliphatic imine (C=N–C) groups is 1. The Labute approximate surface area is 259 Å². The van der Waals surface area contributed by atoms with Gasteiger partial charge in [-0.1, -0.05) is 31.2 Å². The summed E-state index contributed by atoms with van der Waals surface area (Å²) < 4.78 is 16.6. The predicted molar refractivity (Wildman–Crippen MR) is 157 cm³/mol. The van der Waals surface area contributed by atoms with Crippen LogP contribution in [0.5, 0.6) is 5.75 Å². The molecule has 11 heteroatoms. The summed E-state index contributed by atoms with van der Waals surface area (Å²) in [6.07, 6.45) is 2.44. The first-order valence-corrected chi connectivity index (χ1v) is 12.8. The molecule has 9 nitrogen and oxygen atoms in total. The van der Waals surface area contributed by atoms with Crippen molar-refractivity contribution in [1.29, 1.82) is 0 Å². The maximum Gasteiger partial charge on any atom is 0.254 e. The molecule has 1 heterocycles. The molecular weight excluding hydrogens is 531 g/mol. The van der Waals surface area contributed by atoms with Crippen molar-refractivity contribution < 1.29 is 23.8 Å². The fourth-order valence-corrected chi connectivity index (χ4v) is 3.94. The van der Waals surface area contributed by atoms with Crippen molar-refractivity contribution in [2.75, 3.05) is 53.2 Å². The van der Waals surface area contributed by atoms with Gasteiger partial charge in [-0.3, -0.25) is 19.9 Å². The Morgan fingerprint density at radius 2 is 1.82 bits per heavy atom. The molecule has 1 radical (unpaired) electrons. The fourth-order valence-electron chi connectivity index (χ4n) is 3.94. The Morgan fingerprint density at radius 3 is 2.49 bits per heavy atom. The first-order chi connectivity index (χ1) is 18.0. The maximum absolute atomic E-state index is 12.8. The summed E-state index contributed by atoms with van der Waals surface area (Å²) in [7, 11) is 1.66. The van der Waals surface area contributed by atoms with Gasteiger partial charge >= 0.3 is 0 Å². The number of hydrogen-bond acceptors (Lipinski definition) is 6. The van der Waals surface area contributed by atoms with Crippen LogP contribution < -0.4 is 15.8 Å². The van der Waals surface area contributed by atoms with Crippen molar-refractivity contribution in [2.24, 2.45) is 10.7 Å². The van der Waals surface area contributed by atoms with E-state index < -0.39 is 0 Å².